The summed E-state index contributed by atoms with van der Waals surface area (Å²) in [5.41, 5.74) is 0.116. The molecule has 0 aliphatic carbocycles. The molecule has 1 saturated heterocycles. The molecule has 0 spiro atoms. The van der Waals surface area contributed by atoms with Crippen LogP contribution < -0.4 is 16.3 Å². The number of hydrogen-bond donors (Lipinski definition) is 4. The first-order valence-corrected chi connectivity index (χ1v) is 10.0. The van der Waals surface area contributed by atoms with Gasteiger partial charge >= 0.3 is 13.2 Å². The molecule has 1 atom stereocenters. The van der Waals surface area contributed by atoms with Crippen molar-refractivity contribution in [2.45, 2.75) is 12.2 Å². The number of anilines is 1. The summed E-state index contributed by atoms with van der Waals surface area (Å²) >= 11 is 1.63. The highest BCUT2D eigenvalue weighted by Gasteiger charge is 2.23. The van der Waals surface area contributed by atoms with Crippen LogP contribution in [0.15, 0.2) is 33.5 Å². The highest BCUT2D eigenvalue weighted by molar-refractivity contribution is 7.99. The van der Waals surface area contributed by atoms with Crippen LogP contribution >= 0.6 is 19.4 Å². The normalized spacial score (nSPS) is 18.0. The molecule has 0 saturated carbocycles. The SMILES string of the molecule is O=C(Nc1ccc2c(CP(=O)(O)O)cc(=O)oc2c1)[C@H]1CSCN1. The molecule has 10 heteroatoms. The Labute approximate surface area is 140 Å². The second-order valence-corrected chi connectivity index (χ2v) is 8.06. The topological polar surface area (TPSA) is 129 Å². The van der Waals surface area contributed by atoms with Gasteiger partial charge in [-0.3, -0.25) is 14.7 Å². The van der Waals surface area contributed by atoms with Gasteiger partial charge in [-0.05, 0) is 17.7 Å². The molecule has 24 heavy (non-hydrogen) atoms. The quantitative estimate of drug-likeness (QED) is 0.465. The third-order valence-corrected chi connectivity index (χ3v) is 5.20. The van der Waals surface area contributed by atoms with E-state index < -0.39 is 19.4 Å². The molecule has 3 rings (SSSR count). The molecular formula is C14H15N2O6PS. The van der Waals surface area contributed by atoms with Gasteiger partial charge in [0.1, 0.15) is 5.58 Å². The lowest BCUT2D eigenvalue weighted by molar-refractivity contribution is -0.117. The van der Waals surface area contributed by atoms with Crippen molar-refractivity contribution in [1.29, 1.82) is 0 Å². The highest BCUT2D eigenvalue weighted by atomic mass is 32.2. The molecule has 1 amide bonds. The average Bonchev–Trinajstić information content (AvgIpc) is 2.99. The van der Waals surface area contributed by atoms with Gasteiger partial charge in [0, 0.05) is 34.8 Å². The van der Waals surface area contributed by atoms with Gasteiger partial charge in [0.15, 0.2) is 0 Å². The summed E-state index contributed by atoms with van der Waals surface area (Å²) in [5, 5.41) is 6.20. The fourth-order valence-electron chi connectivity index (χ4n) is 2.45. The maximum absolute atomic E-state index is 12.1. The van der Waals surface area contributed by atoms with E-state index >= 15 is 0 Å². The second-order valence-electron chi connectivity index (χ2n) is 5.39. The molecule has 1 aromatic heterocycles. The van der Waals surface area contributed by atoms with Gasteiger partial charge in [0.05, 0.1) is 12.2 Å². The van der Waals surface area contributed by atoms with Crippen molar-refractivity contribution in [1.82, 2.24) is 5.32 Å². The molecule has 0 radical (unpaired) electrons. The minimum Gasteiger partial charge on any atom is -0.423 e. The van der Waals surface area contributed by atoms with E-state index in [1.165, 1.54) is 6.07 Å². The van der Waals surface area contributed by atoms with Crippen LogP contribution in [0.25, 0.3) is 11.0 Å². The molecule has 2 aromatic rings. The van der Waals surface area contributed by atoms with Crippen LogP contribution in [0.2, 0.25) is 0 Å². The van der Waals surface area contributed by atoms with E-state index in [0.29, 0.717) is 16.8 Å². The summed E-state index contributed by atoms with van der Waals surface area (Å²) in [4.78, 5) is 42.0. The minimum atomic E-state index is -4.32. The first-order valence-electron chi connectivity index (χ1n) is 7.05. The van der Waals surface area contributed by atoms with Crippen LogP contribution in [-0.4, -0.2) is 33.4 Å². The van der Waals surface area contributed by atoms with Crippen molar-refractivity contribution in [3.05, 3.63) is 40.2 Å². The first-order chi connectivity index (χ1) is 11.3. The lowest BCUT2D eigenvalue weighted by Crippen LogP contribution is -2.37. The number of hydrogen-bond acceptors (Lipinski definition) is 6. The zero-order valence-corrected chi connectivity index (χ0v) is 14.1. The highest BCUT2D eigenvalue weighted by Crippen LogP contribution is 2.40. The Hall–Kier alpha value is -1.64. The lowest BCUT2D eigenvalue weighted by atomic mass is 10.1. The van der Waals surface area contributed by atoms with Crippen molar-refractivity contribution in [3.8, 4) is 0 Å². The van der Waals surface area contributed by atoms with E-state index in [9.17, 15) is 14.2 Å². The van der Waals surface area contributed by atoms with Crippen LogP contribution in [0.5, 0.6) is 0 Å². The van der Waals surface area contributed by atoms with Gasteiger partial charge < -0.3 is 19.5 Å². The number of nitrogens with one attached hydrogen (secondary N) is 2. The van der Waals surface area contributed by atoms with E-state index in [1.807, 2.05) is 0 Å². The van der Waals surface area contributed by atoms with Gasteiger partial charge in [-0.15, -0.1) is 11.8 Å². The molecule has 1 aliphatic heterocycles. The van der Waals surface area contributed by atoms with Crippen molar-refractivity contribution >= 4 is 41.9 Å². The molecule has 4 N–H and O–H groups in total. The number of fused-ring (bicyclic) bond motifs is 1. The average molecular weight is 370 g/mol. The van der Waals surface area contributed by atoms with Gasteiger partial charge in [-0.1, -0.05) is 0 Å². The Morgan fingerprint density at radius 2 is 2.21 bits per heavy atom. The third-order valence-electron chi connectivity index (χ3n) is 3.51. The number of carbonyl (C=O) groups excluding carboxylic acids is 1. The molecule has 8 nitrogen and oxygen atoms in total. The first kappa shape index (κ1) is 17.2. The number of thioether (sulfide) groups is 1. The van der Waals surface area contributed by atoms with Crippen molar-refractivity contribution in [3.63, 3.8) is 0 Å². The van der Waals surface area contributed by atoms with E-state index in [2.05, 4.69) is 10.6 Å². The zero-order valence-electron chi connectivity index (χ0n) is 12.4. The van der Waals surface area contributed by atoms with Crippen molar-refractivity contribution in [2.75, 3.05) is 16.9 Å². The molecule has 0 unspecified atom stereocenters. The molecule has 128 valence electrons. The fourth-order valence-corrected chi connectivity index (χ4v) is 4.10. The molecule has 0 bridgehead atoms. The van der Waals surface area contributed by atoms with Crippen LogP contribution in [0.3, 0.4) is 0 Å². The maximum atomic E-state index is 12.1. The fraction of sp³-hybridized carbons (Fsp3) is 0.286. The summed E-state index contributed by atoms with van der Waals surface area (Å²) in [6.45, 7) is 0. The van der Waals surface area contributed by atoms with E-state index in [-0.39, 0.29) is 23.1 Å². The Balaban J connectivity index is 1.92. The summed E-state index contributed by atoms with van der Waals surface area (Å²) in [7, 11) is -4.32. The number of benzene rings is 1. The molecule has 2 heterocycles. The number of amides is 1. The van der Waals surface area contributed by atoms with E-state index in [1.54, 1.807) is 23.9 Å². The standard InChI is InChI=1S/C14H15N2O6PS/c17-13-3-8(5-23(19,20)21)10-2-1-9(4-12(10)22-13)16-14(18)11-6-24-7-15-11/h1-4,11,15H,5-7H2,(H,16,18)(H2,19,20,21)/t11-/m1/s1. The molecule has 1 aliphatic rings. The molecule has 1 aromatic carbocycles. The zero-order chi connectivity index (χ0) is 17.3. The molecular weight excluding hydrogens is 355 g/mol. The summed E-state index contributed by atoms with van der Waals surface area (Å²) < 4.78 is 16.3. The molecule has 1 fully saturated rings. The van der Waals surface area contributed by atoms with Gasteiger partial charge in [-0.2, -0.15) is 0 Å². The summed E-state index contributed by atoms with van der Waals surface area (Å²) in [5.74, 6) is 1.21. The third kappa shape index (κ3) is 4.06. The Morgan fingerprint density at radius 3 is 2.88 bits per heavy atom. The van der Waals surface area contributed by atoms with Crippen LogP contribution in [0, 0.1) is 0 Å². The summed E-state index contributed by atoms with van der Waals surface area (Å²) in [6, 6.07) is 5.43. The number of carbonyl (C=O) groups is 1. The van der Waals surface area contributed by atoms with Gasteiger partial charge in [0.25, 0.3) is 0 Å². The Bertz CT molecular complexity index is 886. The smallest absolute Gasteiger partial charge is 0.336 e. The predicted molar refractivity (Wildman–Crippen MR) is 91.1 cm³/mol. The van der Waals surface area contributed by atoms with E-state index in [0.717, 1.165) is 11.9 Å². The predicted octanol–water partition coefficient (Wildman–Crippen LogP) is 1.07. The largest absolute Gasteiger partial charge is 0.423 e. The summed E-state index contributed by atoms with van der Waals surface area (Å²) in [6.07, 6.45) is -0.552. The van der Waals surface area contributed by atoms with Crippen LogP contribution in [-0.2, 0) is 15.5 Å². The monoisotopic (exact) mass is 370 g/mol. The van der Waals surface area contributed by atoms with Gasteiger partial charge in [0.2, 0.25) is 5.91 Å². The second kappa shape index (κ2) is 6.70. The van der Waals surface area contributed by atoms with Crippen molar-refractivity contribution in [2.24, 2.45) is 0 Å². The van der Waals surface area contributed by atoms with Crippen LogP contribution in [0.4, 0.5) is 5.69 Å². The van der Waals surface area contributed by atoms with Gasteiger partial charge in [-0.25, -0.2) is 4.79 Å². The maximum Gasteiger partial charge on any atom is 0.336 e. The lowest BCUT2D eigenvalue weighted by Gasteiger charge is -2.12. The minimum absolute atomic E-state index is 0.164. The van der Waals surface area contributed by atoms with E-state index in [4.69, 9.17) is 14.2 Å². The Morgan fingerprint density at radius 1 is 1.42 bits per heavy atom. The van der Waals surface area contributed by atoms with Crippen molar-refractivity contribution < 1.29 is 23.6 Å². The van der Waals surface area contributed by atoms with Crippen LogP contribution in [0.1, 0.15) is 5.56 Å². The Kier molecular flexibility index (Phi) is 4.80. The number of rotatable bonds is 4.